The molecular formula is C15H18ClN3O. The summed E-state index contributed by atoms with van der Waals surface area (Å²) in [6.45, 7) is 0. The zero-order valence-corrected chi connectivity index (χ0v) is 12.0. The highest BCUT2D eigenvalue weighted by molar-refractivity contribution is 5.95. The van der Waals surface area contributed by atoms with Crippen LogP contribution in [-0.4, -0.2) is 28.9 Å². The molecule has 2 atom stereocenters. The molecule has 3 rings (SSSR count). The van der Waals surface area contributed by atoms with Gasteiger partial charge in [-0.2, -0.15) is 5.26 Å². The Morgan fingerprint density at radius 1 is 1.30 bits per heavy atom. The Hall–Kier alpha value is -1.57. The van der Waals surface area contributed by atoms with Crippen molar-refractivity contribution in [3.63, 3.8) is 0 Å². The van der Waals surface area contributed by atoms with E-state index in [4.69, 9.17) is 11.0 Å². The molecule has 2 saturated heterocycles. The largest absolute Gasteiger partial charge is 0.333 e. The van der Waals surface area contributed by atoms with Crippen LogP contribution in [0, 0.1) is 11.3 Å². The number of hydrogen-bond acceptors (Lipinski definition) is 3. The van der Waals surface area contributed by atoms with Gasteiger partial charge < -0.3 is 10.6 Å². The summed E-state index contributed by atoms with van der Waals surface area (Å²) in [4.78, 5) is 14.6. The van der Waals surface area contributed by atoms with E-state index in [1.165, 1.54) is 0 Å². The van der Waals surface area contributed by atoms with Gasteiger partial charge in [0.2, 0.25) is 0 Å². The maximum Gasteiger partial charge on any atom is 0.254 e. The van der Waals surface area contributed by atoms with E-state index in [1.54, 1.807) is 24.3 Å². The van der Waals surface area contributed by atoms with Crippen LogP contribution in [0.15, 0.2) is 24.3 Å². The number of carbonyl (C=O) groups is 1. The molecule has 2 N–H and O–H groups in total. The van der Waals surface area contributed by atoms with E-state index >= 15 is 0 Å². The third-order valence-corrected chi connectivity index (χ3v) is 4.24. The van der Waals surface area contributed by atoms with Crippen molar-refractivity contribution >= 4 is 18.3 Å². The van der Waals surface area contributed by atoms with Crippen molar-refractivity contribution in [1.82, 2.24) is 4.90 Å². The van der Waals surface area contributed by atoms with Gasteiger partial charge in [-0.15, -0.1) is 12.4 Å². The van der Waals surface area contributed by atoms with Crippen LogP contribution in [0.3, 0.4) is 0 Å². The Balaban J connectivity index is 0.00000147. The van der Waals surface area contributed by atoms with E-state index in [-0.39, 0.29) is 36.4 Å². The summed E-state index contributed by atoms with van der Waals surface area (Å²) >= 11 is 0. The molecule has 4 nitrogen and oxygen atoms in total. The minimum Gasteiger partial charge on any atom is -0.333 e. The van der Waals surface area contributed by atoms with Crippen LogP contribution >= 0.6 is 12.4 Å². The van der Waals surface area contributed by atoms with E-state index in [0.29, 0.717) is 11.1 Å². The van der Waals surface area contributed by atoms with E-state index in [2.05, 4.69) is 6.07 Å². The van der Waals surface area contributed by atoms with Crippen molar-refractivity contribution < 1.29 is 4.79 Å². The molecule has 1 aromatic carbocycles. The first-order valence-corrected chi connectivity index (χ1v) is 6.77. The van der Waals surface area contributed by atoms with Crippen LogP contribution in [-0.2, 0) is 0 Å². The van der Waals surface area contributed by atoms with Gasteiger partial charge in [-0.3, -0.25) is 4.79 Å². The zero-order valence-electron chi connectivity index (χ0n) is 11.2. The van der Waals surface area contributed by atoms with Crippen molar-refractivity contribution in [2.45, 2.75) is 43.8 Å². The van der Waals surface area contributed by atoms with Gasteiger partial charge in [0.05, 0.1) is 11.6 Å². The van der Waals surface area contributed by atoms with Crippen LogP contribution in [0.2, 0.25) is 0 Å². The maximum absolute atomic E-state index is 12.6. The van der Waals surface area contributed by atoms with Crippen molar-refractivity contribution in [2.24, 2.45) is 5.73 Å². The van der Waals surface area contributed by atoms with Gasteiger partial charge in [-0.25, -0.2) is 0 Å². The predicted molar refractivity (Wildman–Crippen MR) is 78.6 cm³/mol. The molecule has 2 fully saturated rings. The van der Waals surface area contributed by atoms with Gasteiger partial charge in [0.1, 0.15) is 0 Å². The van der Waals surface area contributed by atoms with Gasteiger partial charge in [0.25, 0.3) is 5.91 Å². The fourth-order valence-corrected chi connectivity index (χ4v) is 3.42. The Labute approximate surface area is 125 Å². The molecule has 0 radical (unpaired) electrons. The Morgan fingerprint density at radius 3 is 2.55 bits per heavy atom. The molecule has 2 aliphatic rings. The molecule has 0 aliphatic carbocycles. The Kier molecular flexibility index (Phi) is 4.32. The van der Waals surface area contributed by atoms with Crippen LogP contribution in [0.1, 0.15) is 41.6 Å². The number of nitriles is 1. The molecule has 0 spiro atoms. The monoisotopic (exact) mass is 291 g/mol. The first-order chi connectivity index (χ1) is 9.19. The number of hydrogen-bond donors (Lipinski definition) is 1. The Bertz CT molecular complexity index is 540. The number of nitrogens with two attached hydrogens (primary N) is 1. The zero-order chi connectivity index (χ0) is 13.4. The lowest BCUT2D eigenvalue weighted by atomic mass is 9.97. The van der Waals surface area contributed by atoms with Gasteiger partial charge in [-0.1, -0.05) is 6.07 Å². The lowest BCUT2D eigenvalue weighted by Gasteiger charge is -2.37. The standard InChI is InChI=1S/C15H17N3O.ClH/c16-9-10-2-1-3-11(6-10)15(19)18-13-4-5-14(18)8-12(17)7-13;/h1-3,6,12-14H,4-5,7-8,17H2;1H. The normalized spacial score (nSPS) is 27.6. The van der Waals surface area contributed by atoms with Crippen LogP contribution in [0.5, 0.6) is 0 Å². The van der Waals surface area contributed by atoms with Gasteiger partial charge >= 0.3 is 0 Å². The second-order valence-corrected chi connectivity index (χ2v) is 5.52. The number of benzene rings is 1. The fraction of sp³-hybridized carbons (Fsp3) is 0.467. The first-order valence-electron chi connectivity index (χ1n) is 6.77. The lowest BCUT2D eigenvalue weighted by molar-refractivity contribution is 0.0575. The highest BCUT2D eigenvalue weighted by atomic mass is 35.5. The van der Waals surface area contributed by atoms with Gasteiger partial charge in [0, 0.05) is 23.7 Å². The summed E-state index contributed by atoms with van der Waals surface area (Å²) in [6.07, 6.45) is 3.92. The second kappa shape index (κ2) is 5.82. The summed E-state index contributed by atoms with van der Waals surface area (Å²) in [5, 5.41) is 8.91. The molecular weight excluding hydrogens is 274 g/mol. The summed E-state index contributed by atoms with van der Waals surface area (Å²) in [5.41, 5.74) is 7.17. The van der Waals surface area contributed by atoms with Crippen LogP contribution in [0.25, 0.3) is 0 Å². The number of carbonyl (C=O) groups excluding carboxylic acids is 1. The number of nitrogens with zero attached hydrogens (tertiary/aromatic N) is 2. The average Bonchev–Trinajstić information content (AvgIpc) is 2.70. The summed E-state index contributed by atoms with van der Waals surface area (Å²) < 4.78 is 0. The minimum atomic E-state index is 0. The maximum atomic E-state index is 12.6. The lowest BCUT2D eigenvalue weighted by Crippen LogP contribution is -2.50. The summed E-state index contributed by atoms with van der Waals surface area (Å²) in [7, 11) is 0. The smallest absolute Gasteiger partial charge is 0.254 e. The topological polar surface area (TPSA) is 70.1 Å². The number of fused-ring (bicyclic) bond motifs is 2. The summed E-state index contributed by atoms with van der Waals surface area (Å²) in [5.74, 6) is 0.0523. The molecule has 106 valence electrons. The van der Waals surface area contributed by atoms with Crippen LogP contribution < -0.4 is 5.73 Å². The quantitative estimate of drug-likeness (QED) is 0.861. The third kappa shape index (κ3) is 2.52. The third-order valence-electron chi connectivity index (χ3n) is 4.24. The highest BCUT2D eigenvalue weighted by Crippen LogP contribution is 2.36. The van der Waals surface area contributed by atoms with Crippen molar-refractivity contribution in [2.75, 3.05) is 0 Å². The molecule has 1 amide bonds. The fourth-order valence-electron chi connectivity index (χ4n) is 3.42. The molecule has 0 aromatic heterocycles. The highest BCUT2D eigenvalue weighted by Gasteiger charge is 2.42. The van der Waals surface area contributed by atoms with Crippen LogP contribution in [0.4, 0.5) is 0 Å². The number of rotatable bonds is 1. The molecule has 5 heteroatoms. The van der Waals surface area contributed by atoms with E-state index in [1.807, 2.05) is 4.90 Å². The Morgan fingerprint density at radius 2 is 1.95 bits per heavy atom. The average molecular weight is 292 g/mol. The van der Waals surface area contributed by atoms with Crippen molar-refractivity contribution in [3.05, 3.63) is 35.4 Å². The van der Waals surface area contributed by atoms with Crippen molar-refractivity contribution in [1.29, 1.82) is 5.26 Å². The molecule has 2 bridgehead atoms. The second-order valence-electron chi connectivity index (χ2n) is 5.52. The molecule has 0 saturated carbocycles. The predicted octanol–water partition coefficient (Wildman–Crippen LogP) is 2.07. The molecule has 2 aliphatic heterocycles. The summed E-state index contributed by atoms with van der Waals surface area (Å²) in [6, 6.07) is 9.83. The van der Waals surface area contributed by atoms with E-state index < -0.39 is 0 Å². The molecule has 2 heterocycles. The molecule has 2 unspecified atom stereocenters. The molecule has 20 heavy (non-hydrogen) atoms. The number of halogens is 1. The van der Waals surface area contributed by atoms with Gasteiger partial charge in [0.15, 0.2) is 0 Å². The first kappa shape index (κ1) is 14.8. The van der Waals surface area contributed by atoms with E-state index in [9.17, 15) is 4.79 Å². The molecule has 1 aromatic rings. The van der Waals surface area contributed by atoms with Crippen molar-refractivity contribution in [3.8, 4) is 6.07 Å². The minimum absolute atomic E-state index is 0. The number of piperidine rings is 1. The number of amides is 1. The van der Waals surface area contributed by atoms with Gasteiger partial charge in [-0.05, 0) is 43.9 Å². The SMILES string of the molecule is Cl.N#Cc1cccc(C(=O)N2C3CCC2CC(N)C3)c1. The van der Waals surface area contributed by atoms with E-state index in [0.717, 1.165) is 25.7 Å².